The molecule has 2 N–H and O–H groups in total. The topological polar surface area (TPSA) is 38.5 Å². The number of anilines is 1. The van der Waals surface area contributed by atoms with E-state index in [2.05, 4.69) is 46.0 Å². The molecular formula is C12H17BrN2O. The highest BCUT2D eigenvalue weighted by Gasteiger charge is 2.20. The van der Waals surface area contributed by atoms with Crippen LogP contribution in [0.4, 0.5) is 5.69 Å². The largest absolute Gasteiger partial charge is 0.373 e. The third kappa shape index (κ3) is 2.56. The van der Waals surface area contributed by atoms with Crippen molar-refractivity contribution in [2.75, 3.05) is 31.1 Å². The first-order chi connectivity index (χ1) is 7.70. The number of hydrogen-bond donors (Lipinski definition) is 1. The maximum absolute atomic E-state index is 5.64. The Bertz CT molecular complexity index is 370. The summed E-state index contributed by atoms with van der Waals surface area (Å²) in [5, 5.41) is 0. The van der Waals surface area contributed by atoms with Gasteiger partial charge < -0.3 is 15.4 Å². The summed E-state index contributed by atoms with van der Waals surface area (Å²) in [7, 11) is 0. The van der Waals surface area contributed by atoms with E-state index in [0.29, 0.717) is 6.54 Å². The molecule has 0 aromatic heterocycles. The van der Waals surface area contributed by atoms with Crippen molar-refractivity contribution in [1.29, 1.82) is 0 Å². The van der Waals surface area contributed by atoms with Gasteiger partial charge in [-0.05, 0) is 40.5 Å². The summed E-state index contributed by atoms with van der Waals surface area (Å²) in [4.78, 5) is 2.32. The molecule has 1 fully saturated rings. The SMILES string of the molecule is Cc1ccc(N2CCOC(CN)C2)c(Br)c1. The molecule has 0 saturated carbocycles. The molecule has 0 aliphatic carbocycles. The van der Waals surface area contributed by atoms with Gasteiger partial charge in [-0.2, -0.15) is 0 Å². The van der Waals surface area contributed by atoms with Crippen LogP contribution in [-0.4, -0.2) is 32.3 Å². The first kappa shape index (κ1) is 11.9. The van der Waals surface area contributed by atoms with Gasteiger partial charge in [-0.15, -0.1) is 0 Å². The second kappa shape index (κ2) is 5.17. The van der Waals surface area contributed by atoms with Gasteiger partial charge in [0.25, 0.3) is 0 Å². The highest BCUT2D eigenvalue weighted by atomic mass is 79.9. The maximum atomic E-state index is 5.64. The Morgan fingerprint density at radius 2 is 2.38 bits per heavy atom. The van der Waals surface area contributed by atoms with Gasteiger partial charge in [0, 0.05) is 24.1 Å². The maximum Gasteiger partial charge on any atom is 0.0872 e. The number of hydrogen-bond acceptors (Lipinski definition) is 3. The van der Waals surface area contributed by atoms with Crippen LogP contribution in [-0.2, 0) is 4.74 Å². The molecule has 1 atom stereocenters. The van der Waals surface area contributed by atoms with Crippen molar-refractivity contribution in [2.45, 2.75) is 13.0 Å². The quantitative estimate of drug-likeness (QED) is 0.902. The number of nitrogens with zero attached hydrogens (tertiary/aromatic N) is 1. The lowest BCUT2D eigenvalue weighted by Gasteiger charge is -2.34. The lowest BCUT2D eigenvalue weighted by Crippen LogP contribution is -2.45. The van der Waals surface area contributed by atoms with E-state index in [0.717, 1.165) is 24.2 Å². The van der Waals surface area contributed by atoms with Crippen molar-refractivity contribution in [1.82, 2.24) is 0 Å². The molecule has 1 aliphatic rings. The first-order valence-corrected chi connectivity index (χ1v) is 6.33. The van der Waals surface area contributed by atoms with Gasteiger partial charge in [0.2, 0.25) is 0 Å². The molecule has 1 aliphatic heterocycles. The lowest BCUT2D eigenvalue weighted by molar-refractivity contribution is 0.0465. The number of morpholine rings is 1. The second-order valence-electron chi connectivity index (χ2n) is 4.13. The molecule has 1 heterocycles. The lowest BCUT2D eigenvalue weighted by atomic mass is 10.2. The van der Waals surface area contributed by atoms with Crippen LogP contribution in [0.25, 0.3) is 0 Å². The molecule has 88 valence electrons. The molecule has 1 aromatic rings. The normalized spacial score (nSPS) is 21.2. The summed E-state index contributed by atoms with van der Waals surface area (Å²) in [6.07, 6.45) is 0.155. The summed E-state index contributed by atoms with van der Waals surface area (Å²) in [6.45, 7) is 5.23. The Kier molecular flexibility index (Phi) is 3.84. The van der Waals surface area contributed by atoms with Crippen molar-refractivity contribution in [2.24, 2.45) is 5.73 Å². The van der Waals surface area contributed by atoms with Gasteiger partial charge in [0.15, 0.2) is 0 Å². The molecular weight excluding hydrogens is 268 g/mol. The Morgan fingerprint density at radius 1 is 1.56 bits per heavy atom. The van der Waals surface area contributed by atoms with Gasteiger partial charge in [0.05, 0.1) is 18.4 Å². The first-order valence-electron chi connectivity index (χ1n) is 5.53. The fraction of sp³-hybridized carbons (Fsp3) is 0.500. The van der Waals surface area contributed by atoms with Gasteiger partial charge in [0.1, 0.15) is 0 Å². The minimum absolute atomic E-state index is 0.155. The molecule has 2 rings (SSSR count). The average Bonchev–Trinajstić information content (AvgIpc) is 2.29. The smallest absolute Gasteiger partial charge is 0.0872 e. The zero-order chi connectivity index (χ0) is 11.5. The zero-order valence-corrected chi connectivity index (χ0v) is 11.0. The second-order valence-corrected chi connectivity index (χ2v) is 4.98. The molecule has 0 bridgehead atoms. The standard InChI is InChI=1S/C12H17BrN2O/c1-9-2-3-12(11(13)6-9)15-4-5-16-10(7-14)8-15/h2-3,6,10H,4-5,7-8,14H2,1H3. The van der Waals surface area contributed by atoms with Crippen LogP contribution in [0.3, 0.4) is 0 Å². The third-order valence-corrected chi connectivity index (χ3v) is 3.48. The van der Waals surface area contributed by atoms with E-state index >= 15 is 0 Å². The summed E-state index contributed by atoms with van der Waals surface area (Å²) < 4.78 is 6.70. The highest BCUT2D eigenvalue weighted by Crippen LogP contribution is 2.28. The van der Waals surface area contributed by atoms with Crippen LogP contribution in [0.1, 0.15) is 5.56 Å². The number of rotatable bonds is 2. The van der Waals surface area contributed by atoms with Crippen LogP contribution in [0.15, 0.2) is 22.7 Å². The average molecular weight is 285 g/mol. The summed E-state index contributed by atoms with van der Waals surface area (Å²) >= 11 is 3.61. The Hall–Kier alpha value is -0.580. The van der Waals surface area contributed by atoms with E-state index in [1.165, 1.54) is 11.3 Å². The third-order valence-electron chi connectivity index (χ3n) is 2.85. The van der Waals surface area contributed by atoms with Crippen molar-refractivity contribution >= 4 is 21.6 Å². The van der Waals surface area contributed by atoms with Crippen molar-refractivity contribution in [3.63, 3.8) is 0 Å². The molecule has 4 heteroatoms. The van der Waals surface area contributed by atoms with Crippen molar-refractivity contribution in [3.8, 4) is 0 Å². The monoisotopic (exact) mass is 284 g/mol. The zero-order valence-electron chi connectivity index (χ0n) is 9.45. The minimum Gasteiger partial charge on any atom is -0.373 e. The molecule has 0 amide bonds. The van der Waals surface area contributed by atoms with Crippen molar-refractivity contribution < 1.29 is 4.74 Å². The van der Waals surface area contributed by atoms with E-state index in [-0.39, 0.29) is 6.10 Å². The predicted molar refractivity (Wildman–Crippen MR) is 69.9 cm³/mol. The molecule has 1 aromatic carbocycles. The number of halogens is 1. The van der Waals surface area contributed by atoms with Crippen LogP contribution in [0.2, 0.25) is 0 Å². The van der Waals surface area contributed by atoms with E-state index in [4.69, 9.17) is 10.5 Å². The Balaban J connectivity index is 2.16. The van der Waals surface area contributed by atoms with Crippen LogP contribution < -0.4 is 10.6 Å². The molecule has 16 heavy (non-hydrogen) atoms. The molecule has 3 nitrogen and oxygen atoms in total. The number of aryl methyl sites for hydroxylation is 1. The molecule has 0 spiro atoms. The summed E-state index contributed by atoms with van der Waals surface area (Å²) in [6, 6.07) is 6.42. The fourth-order valence-corrected chi connectivity index (χ4v) is 2.69. The van der Waals surface area contributed by atoms with Gasteiger partial charge >= 0.3 is 0 Å². The Morgan fingerprint density at radius 3 is 3.06 bits per heavy atom. The van der Waals surface area contributed by atoms with E-state index in [9.17, 15) is 0 Å². The fourth-order valence-electron chi connectivity index (χ4n) is 1.95. The van der Waals surface area contributed by atoms with Gasteiger partial charge in [-0.25, -0.2) is 0 Å². The number of nitrogens with two attached hydrogens (primary N) is 1. The van der Waals surface area contributed by atoms with E-state index in [1.54, 1.807) is 0 Å². The number of benzene rings is 1. The van der Waals surface area contributed by atoms with Crippen LogP contribution in [0.5, 0.6) is 0 Å². The molecule has 1 saturated heterocycles. The van der Waals surface area contributed by atoms with Gasteiger partial charge in [-0.3, -0.25) is 0 Å². The molecule has 0 radical (unpaired) electrons. The van der Waals surface area contributed by atoms with E-state index < -0.39 is 0 Å². The minimum atomic E-state index is 0.155. The Labute approximate surface area is 105 Å². The van der Waals surface area contributed by atoms with E-state index in [1.807, 2.05) is 0 Å². The van der Waals surface area contributed by atoms with Crippen molar-refractivity contribution in [3.05, 3.63) is 28.2 Å². The van der Waals surface area contributed by atoms with Crippen LogP contribution in [0, 0.1) is 6.92 Å². The van der Waals surface area contributed by atoms with Crippen LogP contribution >= 0.6 is 15.9 Å². The number of ether oxygens (including phenoxy) is 1. The summed E-state index contributed by atoms with van der Waals surface area (Å²) in [5.74, 6) is 0. The highest BCUT2D eigenvalue weighted by molar-refractivity contribution is 9.10. The predicted octanol–water partition coefficient (Wildman–Crippen LogP) is 1.92. The summed E-state index contributed by atoms with van der Waals surface area (Å²) in [5.41, 5.74) is 8.13. The van der Waals surface area contributed by atoms with Gasteiger partial charge in [-0.1, -0.05) is 6.07 Å². The molecule has 1 unspecified atom stereocenters.